The van der Waals surface area contributed by atoms with Crippen LogP contribution in [0.3, 0.4) is 0 Å². The van der Waals surface area contributed by atoms with Gasteiger partial charge in [0, 0.05) is 0 Å². The van der Waals surface area contributed by atoms with Gasteiger partial charge in [0.15, 0.2) is 5.78 Å². The smallest absolute Gasteiger partial charge is 0.175 e. The summed E-state index contributed by atoms with van der Waals surface area (Å²) in [5, 5.41) is 0. The molecule has 0 heterocycles. The number of unbranched alkanes of at least 4 members (excludes halogenated alkanes) is 1. The van der Waals surface area contributed by atoms with Crippen LogP contribution in [0.15, 0.2) is 11.6 Å². The van der Waals surface area contributed by atoms with Crippen LogP contribution < -0.4 is 5.73 Å². The number of ketones is 1. The second-order valence-electron chi connectivity index (χ2n) is 4.44. The number of hydrogen-bond acceptors (Lipinski definition) is 2. The minimum absolute atomic E-state index is 0.199. The molecule has 0 fully saturated rings. The first kappa shape index (κ1) is 12.4. The van der Waals surface area contributed by atoms with Crippen LogP contribution in [0.5, 0.6) is 0 Å². The molecule has 2 nitrogen and oxygen atoms in total. The number of nitrogens with two attached hydrogens (primary N) is 1. The molecule has 2 N–H and O–H groups in total. The van der Waals surface area contributed by atoms with Gasteiger partial charge >= 0.3 is 0 Å². The number of Topliss-reactive ketones (excluding diaryl/α,β-unsaturated/α-hetero) is 1. The van der Waals surface area contributed by atoms with Gasteiger partial charge in [-0.25, -0.2) is 0 Å². The van der Waals surface area contributed by atoms with Crippen LogP contribution >= 0.6 is 0 Å². The van der Waals surface area contributed by atoms with Crippen molar-refractivity contribution in [2.75, 3.05) is 0 Å². The highest BCUT2D eigenvalue weighted by Gasteiger charge is 2.18. The molecule has 0 saturated carbocycles. The fourth-order valence-electron chi connectivity index (χ4n) is 2.03. The lowest BCUT2D eigenvalue weighted by Crippen LogP contribution is -2.31. The predicted molar refractivity (Wildman–Crippen MR) is 63.7 cm³/mol. The SMILES string of the molecule is CCCCC(N)C(=O)C1=CCCCCC1. The van der Waals surface area contributed by atoms with E-state index in [0.29, 0.717) is 0 Å². The van der Waals surface area contributed by atoms with Crippen molar-refractivity contribution in [2.24, 2.45) is 5.73 Å². The first-order valence-corrected chi connectivity index (χ1v) is 6.24. The van der Waals surface area contributed by atoms with Gasteiger partial charge in [-0.05, 0) is 37.7 Å². The van der Waals surface area contributed by atoms with Crippen molar-refractivity contribution in [3.63, 3.8) is 0 Å². The van der Waals surface area contributed by atoms with Gasteiger partial charge in [-0.15, -0.1) is 0 Å². The predicted octanol–water partition coefficient (Wildman–Crippen LogP) is 2.96. The van der Waals surface area contributed by atoms with Crippen LogP contribution in [0.1, 0.15) is 58.3 Å². The molecule has 1 aliphatic rings. The lowest BCUT2D eigenvalue weighted by molar-refractivity contribution is -0.117. The summed E-state index contributed by atoms with van der Waals surface area (Å²) in [7, 11) is 0. The Morgan fingerprint density at radius 2 is 2.27 bits per heavy atom. The summed E-state index contributed by atoms with van der Waals surface area (Å²) < 4.78 is 0. The molecule has 0 radical (unpaired) electrons. The van der Waals surface area contributed by atoms with Crippen molar-refractivity contribution in [3.8, 4) is 0 Å². The zero-order valence-electron chi connectivity index (χ0n) is 9.80. The third-order valence-electron chi connectivity index (χ3n) is 3.06. The fraction of sp³-hybridized carbons (Fsp3) is 0.769. The molecule has 1 atom stereocenters. The summed E-state index contributed by atoms with van der Waals surface area (Å²) in [4.78, 5) is 12.0. The van der Waals surface area contributed by atoms with E-state index >= 15 is 0 Å². The molecule has 2 heteroatoms. The molecule has 0 aliphatic heterocycles. The first-order valence-electron chi connectivity index (χ1n) is 6.24. The average Bonchev–Trinajstić information content (AvgIpc) is 2.53. The molecule has 86 valence electrons. The molecule has 0 aromatic heterocycles. The molecule has 1 unspecified atom stereocenters. The largest absolute Gasteiger partial charge is 0.321 e. The van der Waals surface area contributed by atoms with Crippen LogP contribution in [0, 0.1) is 0 Å². The van der Waals surface area contributed by atoms with E-state index in [2.05, 4.69) is 13.0 Å². The third-order valence-corrected chi connectivity index (χ3v) is 3.06. The summed E-state index contributed by atoms with van der Waals surface area (Å²) in [5.74, 6) is 0.199. The standard InChI is InChI=1S/C13H23NO/c1-2-3-10-12(14)13(15)11-8-6-4-5-7-9-11/h8,12H,2-7,9-10,14H2,1H3. The van der Waals surface area contributed by atoms with Gasteiger partial charge in [0.25, 0.3) is 0 Å². The zero-order valence-corrected chi connectivity index (χ0v) is 9.80. The highest BCUT2D eigenvalue weighted by Crippen LogP contribution is 2.19. The van der Waals surface area contributed by atoms with Crippen molar-refractivity contribution in [1.29, 1.82) is 0 Å². The van der Waals surface area contributed by atoms with Crippen molar-refractivity contribution >= 4 is 5.78 Å². The topological polar surface area (TPSA) is 43.1 Å². The molecule has 1 rings (SSSR count). The number of carbonyl (C=O) groups excluding carboxylic acids is 1. The van der Waals surface area contributed by atoms with E-state index in [0.717, 1.165) is 44.1 Å². The van der Waals surface area contributed by atoms with Gasteiger partial charge in [0.1, 0.15) is 0 Å². The van der Waals surface area contributed by atoms with Crippen LogP contribution in [-0.4, -0.2) is 11.8 Å². The maximum absolute atomic E-state index is 12.0. The monoisotopic (exact) mass is 209 g/mol. The average molecular weight is 209 g/mol. The molecule has 0 aromatic rings. The van der Waals surface area contributed by atoms with E-state index in [-0.39, 0.29) is 11.8 Å². The summed E-state index contributed by atoms with van der Waals surface area (Å²) in [6, 6.07) is -0.255. The highest BCUT2D eigenvalue weighted by atomic mass is 16.1. The van der Waals surface area contributed by atoms with Crippen molar-refractivity contribution in [1.82, 2.24) is 0 Å². The summed E-state index contributed by atoms with van der Waals surface area (Å²) in [6.45, 7) is 2.13. The molecule has 15 heavy (non-hydrogen) atoms. The Kier molecular flexibility index (Phi) is 5.62. The quantitative estimate of drug-likeness (QED) is 0.756. The Bertz CT molecular complexity index is 233. The maximum Gasteiger partial charge on any atom is 0.175 e. The normalized spacial score (nSPS) is 19.2. The summed E-state index contributed by atoms with van der Waals surface area (Å²) in [5.41, 5.74) is 6.89. The molecule has 0 saturated heterocycles. The van der Waals surface area contributed by atoms with Gasteiger partial charge in [0.2, 0.25) is 0 Å². The molecular weight excluding hydrogens is 186 g/mol. The summed E-state index contributed by atoms with van der Waals surface area (Å²) >= 11 is 0. The Hall–Kier alpha value is -0.630. The van der Waals surface area contributed by atoms with Crippen molar-refractivity contribution < 1.29 is 4.79 Å². The Morgan fingerprint density at radius 1 is 1.47 bits per heavy atom. The maximum atomic E-state index is 12.0. The van der Waals surface area contributed by atoms with Crippen LogP contribution in [0.25, 0.3) is 0 Å². The highest BCUT2D eigenvalue weighted by molar-refractivity contribution is 5.99. The minimum Gasteiger partial charge on any atom is -0.321 e. The number of allylic oxidation sites excluding steroid dienone is 1. The minimum atomic E-state index is -0.255. The Labute approximate surface area is 92.9 Å². The number of rotatable bonds is 5. The van der Waals surface area contributed by atoms with Crippen molar-refractivity contribution in [2.45, 2.75) is 64.3 Å². The number of hydrogen-bond donors (Lipinski definition) is 1. The summed E-state index contributed by atoms with van der Waals surface area (Å²) in [6.07, 6.45) is 10.7. The third kappa shape index (κ3) is 4.17. The molecular formula is C13H23NO. The number of carbonyl (C=O) groups is 1. The molecule has 1 aliphatic carbocycles. The lowest BCUT2D eigenvalue weighted by atomic mass is 9.97. The molecule has 0 aromatic carbocycles. The second kappa shape index (κ2) is 6.78. The van der Waals surface area contributed by atoms with Crippen LogP contribution in [-0.2, 0) is 4.79 Å². The van der Waals surface area contributed by atoms with Crippen molar-refractivity contribution in [3.05, 3.63) is 11.6 Å². The van der Waals surface area contributed by atoms with Gasteiger partial charge in [-0.3, -0.25) is 4.79 Å². The van der Waals surface area contributed by atoms with E-state index in [1.54, 1.807) is 0 Å². The van der Waals surface area contributed by atoms with E-state index in [1.165, 1.54) is 12.8 Å². The zero-order chi connectivity index (χ0) is 11.1. The van der Waals surface area contributed by atoms with E-state index in [9.17, 15) is 4.79 Å². The Balaban J connectivity index is 2.46. The molecule has 0 spiro atoms. The fourth-order valence-corrected chi connectivity index (χ4v) is 2.03. The van der Waals surface area contributed by atoms with E-state index in [4.69, 9.17) is 5.73 Å². The van der Waals surface area contributed by atoms with E-state index < -0.39 is 0 Å². The van der Waals surface area contributed by atoms with Gasteiger partial charge in [0.05, 0.1) is 6.04 Å². The molecule has 0 bridgehead atoms. The van der Waals surface area contributed by atoms with Gasteiger partial charge in [-0.2, -0.15) is 0 Å². The van der Waals surface area contributed by atoms with E-state index in [1.807, 2.05) is 0 Å². The van der Waals surface area contributed by atoms with Gasteiger partial charge in [-0.1, -0.05) is 32.3 Å². The van der Waals surface area contributed by atoms with Crippen LogP contribution in [0.2, 0.25) is 0 Å². The second-order valence-corrected chi connectivity index (χ2v) is 4.44. The molecule has 0 amide bonds. The first-order chi connectivity index (χ1) is 7.25. The van der Waals surface area contributed by atoms with Crippen LogP contribution in [0.4, 0.5) is 0 Å². The van der Waals surface area contributed by atoms with Gasteiger partial charge < -0.3 is 5.73 Å². The lowest BCUT2D eigenvalue weighted by Gasteiger charge is -2.11. The Morgan fingerprint density at radius 3 is 3.00 bits per heavy atom.